The largest absolute Gasteiger partial charge is 0.324 e. The molecule has 2 rings (SSSR count). The van der Waals surface area contributed by atoms with Crippen LogP contribution in [0.25, 0.3) is 0 Å². The number of hydrogen-bond acceptors (Lipinski definition) is 2. The maximum atomic E-state index is 6.30. The standard InChI is InChI=1S/C15H21N3/c1-3-18-11-13(10-17-18)9-12(2)15(16)14-7-5-4-6-8-14/h4-8,10-12,15H,3,9,16H2,1-2H3. The predicted molar refractivity (Wildman–Crippen MR) is 74.1 cm³/mol. The summed E-state index contributed by atoms with van der Waals surface area (Å²) in [5, 5.41) is 4.30. The molecule has 2 aromatic rings. The van der Waals surface area contributed by atoms with E-state index in [1.54, 1.807) is 0 Å². The Morgan fingerprint density at radius 2 is 2.00 bits per heavy atom. The second-order valence-corrected chi connectivity index (χ2v) is 4.82. The highest BCUT2D eigenvalue weighted by molar-refractivity contribution is 5.20. The van der Waals surface area contributed by atoms with E-state index in [-0.39, 0.29) is 6.04 Å². The molecule has 2 unspecified atom stereocenters. The van der Waals surface area contributed by atoms with E-state index in [2.05, 4.69) is 37.3 Å². The lowest BCUT2D eigenvalue weighted by Gasteiger charge is -2.19. The first-order chi connectivity index (χ1) is 8.70. The third-order valence-corrected chi connectivity index (χ3v) is 3.37. The van der Waals surface area contributed by atoms with Crippen molar-refractivity contribution in [2.75, 3.05) is 0 Å². The number of benzene rings is 1. The maximum absolute atomic E-state index is 6.30. The quantitative estimate of drug-likeness (QED) is 0.877. The number of aromatic nitrogens is 2. The van der Waals surface area contributed by atoms with Gasteiger partial charge in [0.25, 0.3) is 0 Å². The van der Waals surface area contributed by atoms with Crippen molar-refractivity contribution in [2.24, 2.45) is 11.7 Å². The average Bonchev–Trinajstić information content (AvgIpc) is 2.86. The van der Waals surface area contributed by atoms with Crippen LogP contribution in [0.3, 0.4) is 0 Å². The molecule has 0 saturated heterocycles. The van der Waals surface area contributed by atoms with E-state index in [0.29, 0.717) is 5.92 Å². The Morgan fingerprint density at radius 1 is 1.28 bits per heavy atom. The third-order valence-electron chi connectivity index (χ3n) is 3.37. The summed E-state index contributed by atoms with van der Waals surface area (Å²) in [6, 6.07) is 10.4. The zero-order valence-corrected chi connectivity index (χ0v) is 11.1. The summed E-state index contributed by atoms with van der Waals surface area (Å²) in [5.41, 5.74) is 8.76. The average molecular weight is 243 g/mol. The van der Waals surface area contributed by atoms with Crippen molar-refractivity contribution < 1.29 is 0 Å². The Labute approximate surface area is 109 Å². The normalized spacial score (nSPS) is 14.4. The van der Waals surface area contributed by atoms with Crippen molar-refractivity contribution in [3.8, 4) is 0 Å². The smallest absolute Gasteiger partial charge is 0.0521 e. The molecule has 1 heterocycles. The molecule has 3 nitrogen and oxygen atoms in total. The minimum absolute atomic E-state index is 0.0798. The van der Waals surface area contributed by atoms with Gasteiger partial charge in [0.2, 0.25) is 0 Å². The van der Waals surface area contributed by atoms with Crippen LogP contribution in [0.4, 0.5) is 0 Å². The van der Waals surface area contributed by atoms with Crippen molar-refractivity contribution in [1.29, 1.82) is 0 Å². The van der Waals surface area contributed by atoms with Crippen LogP contribution in [-0.4, -0.2) is 9.78 Å². The van der Waals surface area contributed by atoms with E-state index in [0.717, 1.165) is 13.0 Å². The van der Waals surface area contributed by atoms with Gasteiger partial charge >= 0.3 is 0 Å². The Morgan fingerprint density at radius 3 is 2.61 bits per heavy atom. The minimum Gasteiger partial charge on any atom is -0.324 e. The van der Waals surface area contributed by atoms with E-state index in [9.17, 15) is 0 Å². The van der Waals surface area contributed by atoms with Crippen LogP contribution >= 0.6 is 0 Å². The molecular formula is C15H21N3. The molecule has 3 heteroatoms. The van der Waals surface area contributed by atoms with Crippen LogP contribution in [0.15, 0.2) is 42.7 Å². The number of rotatable bonds is 5. The third kappa shape index (κ3) is 2.99. The molecule has 0 radical (unpaired) electrons. The summed E-state index contributed by atoms with van der Waals surface area (Å²) >= 11 is 0. The van der Waals surface area contributed by atoms with Gasteiger partial charge in [-0.2, -0.15) is 5.10 Å². The molecule has 1 aromatic carbocycles. The van der Waals surface area contributed by atoms with Gasteiger partial charge in [-0.15, -0.1) is 0 Å². The van der Waals surface area contributed by atoms with Crippen molar-refractivity contribution in [1.82, 2.24) is 9.78 Å². The van der Waals surface area contributed by atoms with Crippen LogP contribution in [0, 0.1) is 5.92 Å². The molecule has 2 N–H and O–H groups in total. The van der Waals surface area contributed by atoms with Crippen LogP contribution in [-0.2, 0) is 13.0 Å². The van der Waals surface area contributed by atoms with Gasteiger partial charge in [0.15, 0.2) is 0 Å². The molecule has 2 atom stereocenters. The van der Waals surface area contributed by atoms with Crippen LogP contribution in [0.5, 0.6) is 0 Å². The van der Waals surface area contributed by atoms with Crippen molar-refractivity contribution >= 4 is 0 Å². The van der Waals surface area contributed by atoms with Gasteiger partial charge in [-0.3, -0.25) is 4.68 Å². The minimum atomic E-state index is 0.0798. The first kappa shape index (κ1) is 12.8. The van der Waals surface area contributed by atoms with Crippen LogP contribution in [0.2, 0.25) is 0 Å². The zero-order valence-electron chi connectivity index (χ0n) is 11.1. The first-order valence-electron chi connectivity index (χ1n) is 6.52. The molecule has 18 heavy (non-hydrogen) atoms. The van der Waals surface area contributed by atoms with Gasteiger partial charge in [-0.25, -0.2) is 0 Å². The molecule has 0 aliphatic rings. The van der Waals surface area contributed by atoms with Crippen LogP contribution < -0.4 is 5.73 Å². The van der Waals surface area contributed by atoms with Crippen molar-refractivity contribution in [2.45, 2.75) is 32.9 Å². The second kappa shape index (κ2) is 5.83. The number of hydrogen-bond donors (Lipinski definition) is 1. The fourth-order valence-corrected chi connectivity index (χ4v) is 2.19. The van der Waals surface area contributed by atoms with Gasteiger partial charge in [-0.1, -0.05) is 37.3 Å². The summed E-state index contributed by atoms with van der Waals surface area (Å²) in [7, 11) is 0. The Kier molecular flexibility index (Phi) is 4.15. The van der Waals surface area contributed by atoms with Gasteiger partial charge in [-0.05, 0) is 30.4 Å². The highest BCUT2D eigenvalue weighted by atomic mass is 15.3. The van der Waals surface area contributed by atoms with E-state index in [1.165, 1.54) is 11.1 Å². The Bertz CT molecular complexity index is 475. The maximum Gasteiger partial charge on any atom is 0.0521 e. The lowest BCUT2D eigenvalue weighted by molar-refractivity contribution is 0.468. The summed E-state index contributed by atoms with van der Waals surface area (Å²) in [4.78, 5) is 0. The molecule has 0 aliphatic carbocycles. The van der Waals surface area contributed by atoms with E-state index in [1.807, 2.05) is 29.1 Å². The lowest BCUT2D eigenvalue weighted by atomic mass is 9.91. The number of aryl methyl sites for hydroxylation is 1. The summed E-state index contributed by atoms with van der Waals surface area (Å²) < 4.78 is 1.95. The first-order valence-corrected chi connectivity index (χ1v) is 6.52. The van der Waals surface area contributed by atoms with Gasteiger partial charge in [0.1, 0.15) is 0 Å². The Hall–Kier alpha value is -1.61. The monoisotopic (exact) mass is 243 g/mol. The fourth-order valence-electron chi connectivity index (χ4n) is 2.19. The van der Waals surface area contributed by atoms with Crippen molar-refractivity contribution in [3.05, 3.63) is 53.9 Å². The molecule has 0 fully saturated rings. The summed E-state index contributed by atoms with van der Waals surface area (Å²) in [6.07, 6.45) is 5.02. The zero-order chi connectivity index (χ0) is 13.0. The number of nitrogens with zero attached hydrogens (tertiary/aromatic N) is 2. The molecule has 0 spiro atoms. The highest BCUT2D eigenvalue weighted by Crippen LogP contribution is 2.22. The molecule has 0 amide bonds. The molecule has 1 aromatic heterocycles. The molecule has 0 bridgehead atoms. The Balaban J connectivity index is 2.01. The topological polar surface area (TPSA) is 43.8 Å². The lowest BCUT2D eigenvalue weighted by Crippen LogP contribution is -2.20. The highest BCUT2D eigenvalue weighted by Gasteiger charge is 2.15. The number of nitrogens with two attached hydrogens (primary N) is 1. The second-order valence-electron chi connectivity index (χ2n) is 4.82. The van der Waals surface area contributed by atoms with E-state index >= 15 is 0 Å². The summed E-state index contributed by atoms with van der Waals surface area (Å²) in [5.74, 6) is 0.405. The summed E-state index contributed by atoms with van der Waals surface area (Å²) in [6.45, 7) is 5.20. The molecule has 0 saturated carbocycles. The molecule has 0 aliphatic heterocycles. The molecule has 96 valence electrons. The van der Waals surface area contributed by atoms with Gasteiger partial charge in [0, 0.05) is 18.8 Å². The van der Waals surface area contributed by atoms with E-state index in [4.69, 9.17) is 5.73 Å². The van der Waals surface area contributed by atoms with E-state index < -0.39 is 0 Å². The fraction of sp³-hybridized carbons (Fsp3) is 0.400. The molecular weight excluding hydrogens is 222 g/mol. The van der Waals surface area contributed by atoms with Crippen LogP contribution in [0.1, 0.15) is 31.0 Å². The SMILES string of the molecule is CCn1cc(CC(C)C(N)c2ccccc2)cn1. The van der Waals surface area contributed by atoms with Gasteiger partial charge < -0.3 is 5.73 Å². The predicted octanol–water partition coefficient (Wildman–Crippen LogP) is 2.78. The van der Waals surface area contributed by atoms with Crippen molar-refractivity contribution in [3.63, 3.8) is 0 Å². The van der Waals surface area contributed by atoms with Gasteiger partial charge in [0.05, 0.1) is 6.20 Å².